The molecule has 0 amide bonds. The Morgan fingerprint density at radius 2 is 1.91 bits per heavy atom. The minimum absolute atomic E-state index is 0.168. The van der Waals surface area contributed by atoms with E-state index in [9.17, 15) is 8.78 Å². The average molecular weight is 440 g/mol. The summed E-state index contributed by atoms with van der Waals surface area (Å²) in [5.74, 6) is -2.17. The fraction of sp³-hybridized carbons (Fsp3) is 0.273. The molecule has 0 bridgehead atoms. The van der Waals surface area contributed by atoms with E-state index in [4.69, 9.17) is 14.5 Å². The van der Waals surface area contributed by atoms with Gasteiger partial charge in [0.15, 0.2) is 28.8 Å². The molecule has 0 unspecified atom stereocenters. The SMILES string of the molecule is CNCCn1c(=Nc2c(F)c(OC)cc(OC)c2F)ccc2ncc(C3=CCN=C3)nc21. The maximum atomic E-state index is 14.9. The molecule has 0 spiro atoms. The summed E-state index contributed by atoms with van der Waals surface area (Å²) in [4.78, 5) is 17.7. The minimum atomic E-state index is -0.918. The number of ether oxygens (including phenoxy) is 2. The molecule has 0 aliphatic carbocycles. The predicted molar refractivity (Wildman–Crippen MR) is 117 cm³/mol. The summed E-state index contributed by atoms with van der Waals surface area (Å²) in [6.07, 6.45) is 5.38. The topological polar surface area (TPSA) is 85.9 Å². The fourth-order valence-electron chi connectivity index (χ4n) is 3.35. The quantitative estimate of drug-likeness (QED) is 0.611. The first-order chi connectivity index (χ1) is 15.6. The van der Waals surface area contributed by atoms with Gasteiger partial charge in [0.2, 0.25) is 0 Å². The third-order valence-electron chi connectivity index (χ3n) is 5.01. The lowest BCUT2D eigenvalue weighted by molar-refractivity contribution is 0.359. The molecule has 0 atom stereocenters. The first-order valence-corrected chi connectivity index (χ1v) is 9.93. The van der Waals surface area contributed by atoms with Crippen LogP contribution < -0.4 is 20.3 Å². The summed E-state index contributed by atoms with van der Waals surface area (Å²) in [6.45, 7) is 1.62. The Labute approximate surface area is 183 Å². The van der Waals surface area contributed by atoms with Crippen molar-refractivity contribution in [3.8, 4) is 11.5 Å². The Balaban J connectivity index is 1.98. The summed E-state index contributed by atoms with van der Waals surface area (Å²) in [6, 6.07) is 4.51. The van der Waals surface area contributed by atoms with Gasteiger partial charge in [0.25, 0.3) is 0 Å². The Morgan fingerprint density at radius 1 is 1.16 bits per heavy atom. The molecule has 0 radical (unpaired) electrons. The van der Waals surface area contributed by atoms with Crippen LogP contribution in [0.2, 0.25) is 0 Å². The standard InChI is InChI=1S/C22H22F2N6O2/c1-25-8-9-30-18(29-21-19(23)16(31-2)10-17(32-3)20(21)24)5-4-14-22(30)28-15(12-27-14)13-6-7-26-11-13/h4-6,10-12,25H,7-9H2,1-3H3. The molecule has 0 saturated carbocycles. The first kappa shape index (κ1) is 21.6. The monoisotopic (exact) mass is 440 g/mol. The van der Waals surface area contributed by atoms with Gasteiger partial charge >= 0.3 is 0 Å². The second kappa shape index (κ2) is 9.23. The van der Waals surface area contributed by atoms with E-state index < -0.39 is 17.3 Å². The number of hydrogen-bond acceptors (Lipinski definition) is 7. The molecule has 1 aliphatic heterocycles. The number of nitrogens with one attached hydrogen (secondary N) is 1. The molecule has 3 heterocycles. The second-order valence-electron chi connectivity index (χ2n) is 6.93. The molecule has 4 rings (SSSR count). The second-order valence-corrected chi connectivity index (χ2v) is 6.93. The van der Waals surface area contributed by atoms with Crippen molar-refractivity contribution in [3.63, 3.8) is 0 Å². The number of likely N-dealkylation sites (N-methyl/N-ethyl adjacent to an activating group) is 1. The molecule has 166 valence electrons. The number of aliphatic imine (C=N–C) groups is 1. The van der Waals surface area contributed by atoms with Crippen molar-refractivity contribution in [1.82, 2.24) is 19.9 Å². The van der Waals surface area contributed by atoms with E-state index in [-0.39, 0.29) is 11.5 Å². The van der Waals surface area contributed by atoms with Gasteiger partial charge in [0.1, 0.15) is 16.7 Å². The molecule has 2 aromatic heterocycles. The van der Waals surface area contributed by atoms with E-state index in [0.717, 1.165) is 11.6 Å². The van der Waals surface area contributed by atoms with E-state index in [1.165, 1.54) is 14.2 Å². The number of aromatic nitrogens is 3. The van der Waals surface area contributed by atoms with Crippen LogP contribution in [-0.4, -0.2) is 55.1 Å². The maximum Gasteiger partial charge on any atom is 0.193 e. The van der Waals surface area contributed by atoms with Crippen LogP contribution in [0.25, 0.3) is 16.7 Å². The van der Waals surface area contributed by atoms with Gasteiger partial charge in [-0.05, 0) is 19.2 Å². The summed E-state index contributed by atoms with van der Waals surface area (Å²) < 4.78 is 41.6. The highest BCUT2D eigenvalue weighted by molar-refractivity contribution is 6.10. The lowest BCUT2D eigenvalue weighted by atomic mass is 10.2. The summed E-state index contributed by atoms with van der Waals surface area (Å²) in [5.41, 5.74) is 2.50. The number of allylic oxidation sites excluding steroid dienone is 1. The number of methoxy groups -OCH3 is 2. The van der Waals surface area contributed by atoms with Crippen LogP contribution in [0.5, 0.6) is 11.5 Å². The van der Waals surface area contributed by atoms with Gasteiger partial charge in [-0.2, -0.15) is 0 Å². The Bertz CT molecular complexity index is 1270. The molecular weight excluding hydrogens is 418 g/mol. The third-order valence-corrected chi connectivity index (χ3v) is 5.01. The van der Waals surface area contributed by atoms with E-state index in [1.54, 1.807) is 29.1 Å². The largest absolute Gasteiger partial charge is 0.493 e. The average Bonchev–Trinajstić information content (AvgIpc) is 3.35. The normalized spacial score (nSPS) is 13.7. The number of benzene rings is 1. The van der Waals surface area contributed by atoms with Crippen molar-refractivity contribution < 1.29 is 18.3 Å². The van der Waals surface area contributed by atoms with E-state index in [0.29, 0.717) is 42.0 Å². The summed E-state index contributed by atoms with van der Waals surface area (Å²) in [7, 11) is 4.40. The summed E-state index contributed by atoms with van der Waals surface area (Å²) in [5, 5.41) is 3.07. The fourth-order valence-corrected chi connectivity index (χ4v) is 3.35. The molecule has 1 aliphatic rings. The van der Waals surface area contributed by atoms with Gasteiger partial charge in [-0.25, -0.2) is 18.8 Å². The van der Waals surface area contributed by atoms with Crippen molar-refractivity contribution in [2.75, 3.05) is 34.4 Å². The number of pyridine rings is 1. The lowest BCUT2D eigenvalue weighted by Crippen LogP contribution is -2.27. The van der Waals surface area contributed by atoms with E-state index >= 15 is 0 Å². The highest BCUT2D eigenvalue weighted by Crippen LogP contribution is 2.36. The zero-order chi connectivity index (χ0) is 22.7. The molecule has 10 heteroatoms. The molecular formula is C22H22F2N6O2. The van der Waals surface area contributed by atoms with Gasteiger partial charge in [0.05, 0.1) is 32.7 Å². The Kier molecular flexibility index (Phi) is 6.22. The van der Waals surface area contributed by atoms with Crippen LogP contribution in [0, 0.1) is 11.6 Å². The highest BCUT2D eigenvalue weighted by atomic mass is 19.1. The number of nitrogens with zero attached hydrogens (tertiary/aromatic N) is 5. The zero-order valence-electron chi connectivity index (χ0n) is 17.9. The molecule has 3 aromatic rings. The van der Waals surface area contributed by atoms with E-state index in [1.807, 2.05) is 13.1 Å². The van der Waals surface area contributed by atoms with Crippen LogP contribution >= 0.6 is 0 Å². The van der Waals surface area contributed by atoms with Crippen molar-refractivity contribution in [1.29, 1.82) is 0 Å². The van der Waals surface area contributed by atoms with Crippen LogP contribution in [0.15, 0.2) is 40.5 Å². The molecule has 32 heavy (non-hydrogen) atoms. The molecule has 1 N–H and O–H groups in total. The lowest BCUT2D eigenvalue weighted by Gasteiger charge is -2.13. The minimum Gasteiger partial charge on any atom is -0.493 e. The van der Waals surface area contributed by atoms with Crippen molar-refractivity contribution in [3.05, 3.63) is 53.3 Å². The summed E-state index contributed by atoms with van der Waals surface area (Å²) >= 11 is 0. The van der Waals surface area contributed by atoms with Gasteiger partial charge in [0, 0.05) is 30.9 Å². The van der Waals surface area contributed by atoms with Gasteiger partial charge in [-0.15, -0.1) is 0 Å². The van der Waals surface area contributed by atoms with Crippen molar-refractivity contribution in [2.45, 2.75) is 6.54 Å². The van der Waals surface area contributed by atoms with E-state index in [2.05, 4.69) is 20.3 Å². The third kappa shape index (κ3) is 3.96. The Hall–Kier alpha value is -3.66. The number of halogens is 2. The molecule has 0 fully saturated rings. The number of rotatable bonds is 7. The van der Waals surface area contributed by atoms with Gasteiger partial charge in [-0.3, -0.25) is 9.98 Å². The van der Waals surface area contributed by atoms with Gasteiger partial charge < -0.3 is 19.4 Å². The molecule has 8 nitrogen and oxygen atoms in total. The van der Waals surface area contributed by atoms with Crippen LogP contribution in [0.1, 0.15) is 5.69 Å². The van der Waals surface area contributed by atoms with Crippen LogP contribution in [-0.2, 0) is 6.54 Å². The zero-order valence-corrected chi connectivity index (χ0v) is 17.9. The number of fused-ring (bicyclic) bond motifs is 1. The van der Waals surface area contributed by atoms with Crippen molar-refractivity contribution >= 4 is 28.6 Å². The van der Waals surface area contributed by atoms with Gasteiger partial charge in [-0.1, -0.05) is 6.08 Å². The smallest absolute Gasteiger partial charge is 0.193 e. The van der Waals surface area contributed by atoms with Crippen LogP contribution in [0.4, 0.5) is 14.5 Å². The maximum absolute atomic E-state index is 14.9. The Morgan fingerprint density at radius 3 is 2.53 bits per heavy atom. The first-order valence-electron chi connectivity index (χ1n) is 9.93. The predicted octanol–water partition coefficient (Wildman–Crippen LogP) is 2.65. The number of hydrogen-bond donors (Lipinski definition) is 1. The van der Waals surface area contributed by atoms with Crippen LogP contribution in [0.3, 0.4) is 0 Å². The van der Waals surface area contributed by atoms with Crippen molar-refractivity contribution in [2.24, 2.45) is 9.98 Å². The molecule has 1 aromatic carbocycles. The molecule has 0 saturated heterocycles. The highest BCUT2D eigenvalue weighted by Gasteiger charge is 2.20.